The van der Waals surface area contributed by atoms with E-state index in [9.17, 15) is 18.7 Å². The summed E-state index contributed by atoms with van der Waals surface area (Å²) in [5.74, 6) is -4.22. The van der Waals surface area contributed by atoms with Gasteiger partial charge in [0.25, 0.3) is 5.91 Å². The Balaban J connectivity index is 1.41. The van der Waals surface area contributed by atoms with Crippen molar-refractivity contribution in [1.29, 1.82) is 0 Å². The molecule has 2 aromatic rings. The van der Waals surface area contributed by atoms with Gasteiger partial charge >= 0.3 is 0 Å². The zero-order chi connectivity index (χ0) is 22.8. The minimum absolute atomic E-state index is 0.0960. The molecule has 1 aliphatic heterocycles. The van der Waals surface area contributed by atoms with E-state index in [1.807, 2.05) is 25.1 Å². The number of nitrogens with one attached hydrogen (secondary N) is 1. The summed E-state index contributed by atoms with van der Waals surface area (Å²) in [7, 11) is 0. The molecule has 1 aromatic heterocycles. The predicted molar refractivity (Wildman–Crippen MR) is 118 cm³/mol. The van der Waals surface area contributed by atoms with Crippen LogP contribution in [0.2, 0.25) is 0 Å². The summed E-state index contributed by atoms with van der Waals surface area (Å²) < 4.78 is 27.9. The van der Waals surface area contributed by atoms with Crippen LogP contribution in [0.5, 0.6) is 0 Å². The molecule has 5 nitrogen and oxygen atoms in total. The van der Waals surface area contributed by atoms with Gasteiger partial charge in [-0.15, -0.1) is 0 Å². The second kappa shape index (κ2) is 9.24. The molecule has 2 N–H and O–H groups in total. The molecule has 1 saturated heterocycles. The third-order valence-corrected chi connectivity index (χ3v) is 6.81. The molecule has 32 heavy (non-hydrogen) atoms. The Bertz CT molecular complexity index is 932. The van der Waals surface area contributed by atoms with E-state index in [1.54, 1.807) is 30.3 Å². The predicted octanol–water partition coefficient (Wildman–Crippen LogP) is 3.79. The second-order valence-electron chi connectivity index (χ2n) is 9.22. The van der Waals surface area contributed by atoms with Crippen LogP contribution in [0.4, 0.5) is 8.78 Å². The Morgan fingerprint density at radius 3 is 2.50 bits per heavy atom. The Hall–Kier alpha value is -2.38. The second-order valence-corrected chi connectivity index (χ2v) is 9.22. The van der Waals surface area contributed by atoms with Gasteiger partial charge in [-0.1, -0.05) is 36.4 Å². The van der Waals surface area contributed by atoms with Crippen LogP contribution >= 0.6 is 0 Å². The van der Waals surface area contributed by atoms with Crippen LogP contribution < -0.4 is 5.32 Å². The molecule has 1 amide bonds. The molecule has 0 spiro atoms. The maximum Gasteiger partial charge on any atom is 0.257 e. The van der Waals surface area contributed by atoms with Gasteiger partial charge in [0.1, 0.15) is 0 Å². The fourth-order valence-electron chi connectivity index (χ4n) is 5.00. The van der Waals surface area contributed by atoms with E-state index in [2.05, 4.69) is 15.2 Å². The molecule has 2 heterocycles. The molecular formula is C25H31F2N3O2. The number of benzene rings is 1. The number of amides is 1. The topological polar surface area (TPSA) is 65.5 Å². The van der Waals surface area contributed by atoms with Crippen molar-refractivity contribution in [2.24, 2.45) is 5.92 Å². The number of pyridine rings is 1. The lowest BCUT2D eigenvalue weighted by molar-refractivity contribution is -0.149. The molecule has 2 fully saturated rings. The van der Waals surface area contributed by atoms with Crippen molar-refractivity contribution in [3.8, 4) is 0 Å². The highest BCUT2D eigenvalue weighted by Gasteiger charge is 2.53. The molecule has 4 rings (SSSR count). The lowest BCUT2D eigenvalue weighted by Crippen LogP contribution is -2.54. The number of aromatic nitrogens is 1. The van der Waals surface area contributed by atoms with E-state index < -0.39 is 29.8 Å². The fraction of sp³-hybridized carbons (Fsp3) is 0.520. The largest absolute Gasteiger partial charge is 0.375 e. The lowest BCUT2D eigenvalue weighted by Gasteiger charge is -2.37. The number of hydrogen-bond donors (Lipinski definition) is 2. The molecule has 1 unspecified atom stereocenters. The lowest BCUT2D eigenvalue weighted by atomic mass is 9.79. The van der Waals surface area contributed by atoms with Crippen LogP contribution in [-0.4, -0.2) is 46.0 Å². The highest BCUT2D eigenvalue weighted by atomic mass is 19.3. The highest BCUT2D eigenvalue weighted by Crippen LogP contribution is 2.47. The number of alkyl halides is 2. The van der Waals surface area contributed by atoms with Gasteiger partial charge in [0.05, 0.1) is 5.69 Å². The average molecular weight is 444 g/mol. The zero-order valence-electron chi connectivity index (χ0n) is 18.4. The number of rotatable bonds is 6. The summed E-state index contributed by atoms with van der Waals surface area (Å²) >= 11 is 0. The Labute approximate surface area is 187 Å². The molecule has 7 heteroatoms. The summed E-state index contributed by atoms with van der Waals surface area (Å²) in [6.07, 6.45) is 0.819. The van der Waals surface area contributed by atoms with Crippen molar-refractivity contribution < 1.29 is 18.7 Å². The van der Waals surface area contributed by atoms with Crippen molar-refractivity contribution in [3.05, 3.63) is 65.5 Å². The van der Waals surface area contributed by atoms with Crippen LogP contribution in [0.3, 0.4) is 0 Å². The smallest absolute Gasteiger partial charge is 0.257 e. The number of likely N-dealkylation sites (tertiary alicyclic amines) is 1. The number of aliphatic hydroxyl groups is 1. The molecule has 1 aliphatic carbocycles. The summed E-state index contributed by atoms with van der Waals surface area (Å²) in [5, 5.41) is 14.5. The van der Waals surface area contributed by atoms with Crippen molar-refractivity contribution in [3.63, 3.8) is 0 Å². The van der Waals surface area contributed by atoms with Gasteiger partial charge in [0.2, 0.25) is 5.92 Å². The zero-order valence-corrected chi connectivity index (χ0v) is 18.4. The number of piperidine rings is 1. The molecule has 2 aliphatic rings. The first kappa shape index (κ1) is 22.8. The summed E-state index contributed by atoms with van der Waals surface area (Å²) in [4.78, 5) is 20.2. The number of carbonyl (C=O) groups is 1. The van der Waals surface area contributed by atoms with Crippen LogP contribution in [0.25, 0.3) is 0 Å². The molecule has 1 saturated carbocycles. The first-order valence-electron chi connectivity index (χ1n) is 11.4. The van der Waals surface area contributed by atoms with E-state index in [4.69, 9.17) is 0 Å². The molecule has 172 valence electrons. The minimum Gasteiger partial charge on any atom is -0.375 e. The first-order valence-corrected chi connectivity index (χ1v) is 11.4. The SMILES string of the molecule is Cc1cccc(CN2CCC(NC(=O)C(O)(c3ccccc3)[C@@H]3CCC(F)(F)C3)CC2)n1. The standard InChI is InChI=1S/C25H31F2N3O2/c1-18-6-5-9-22(28-18)17-30-14-11-21(12-15-30)29-23(31)25(32,19-7-3-2-4-8-19)20-10-13-24(26,27)16-20/h2-9,20-21,32H,10-17H2,1H3,(H,29,31)/t20-,25?/m1/s1. The average Bonchev–Trinajstić information content (AvgIpc) is 3.15. The van der Waals surface area contributed by atoms with Crippen LogP contribution in [0, 0.1) is 12.8 Å². The molecule has 2 atom stereocenters. The number of nitrogens with zero attached hydrogens (tertiary/aromatic N) is 2. The summed E-state index contributed by atoms with van der Waals surface area (Å²) in [6, 6.07) is 14.4. The molecule has 0 bridgehead atoms. The van der Waals surface area contributed by atoms with Crippen molar-refractivity contribution >= 4 is 5.91 Å². The normalized spacial score (nSPS) is 23.6. The van der Waals surface area contributed by atoms with Gasteiger partial charge < -0.3 is 10.4 Å². The first-order chi connectivity index (χ1) is 15.3. The van der Waals surface area contributed by atoms with Gasteiger partial charge in [-0.25, -0.2) is 8.78 Å². The monoisotopic (exact) mass is 443 g/mol. The van der Waals surface area contributed by atoms with Gasteiger partial charge in [0, 0.05) is 50.1 Å². The van der Waals surface area contributed by atoms with E-state index in [1.165, 1.54) is 0 Å². The number of halogens is 2. The number of carbonyl (C=O) groups excluding carboxylic acids is 1. The molecule has 1 aromatic carbocycles. The highest BCUT2D eigenvalue weighted by molar-refractivity contribution is 5.87. The van der Waals surface area contributed by atoms with Gasteiger partial charge in [-0.05, 0) is 43.9 Å². The van der Waals surface area contributed by atoms with Gasteiger partial charge in [0.15, 0.2) is 5.60 Å². The number of hydrogen-bond acceptors (Lipinski definition) is 4. The fourth-order valence-corrected chi connectivity index (χ4v) is 5.00. The Kier molecular flexibility index (Phi) is 6.58. The van der Waals surface area contributed by atoms with Crippen molar-refractivity contribution in [1.82, 2.24) is 15.2 Å². The number of aryl methyl sites for hydroxylation is 1. The van der Waals surface area contributed by atoms with Crippen LogP contribution in [-0.2, 0) is 16.9 Å². The minimum atomic E-state index is -2.84. The van der Waals surface area contributed by atoms with Crippen molar-refractivity contribution in [2.45, 2.75) is 63.1 Å². The van der Waals surface area contributed by atoms with Crippen LogP contribution in [0.15, 0.2) is 48.5 Å². The maximum absolute atomic E-state index is 14.0. The van der Waals surface area contributed by atoms with E-state index in [-0.39, 0.29) is 18.9 Å². The van der Waals surface area contributed by atoms with Crippen LogP contribution in [0.1, 0.15) is 49.1 Å². The molecule has 0 radical (unpaired) electrons. The third-order valence-electron chi connectivity index (χ3n) is 6.81. The maximum atomic E-state index is 14.0. The van der Waals surface area contributed by atoms with Crippen molar-refractivity contribution in [2.75, 3.05) is 13.1 Å². The quantitative estimate of drug-likeness (QED) is 0.713. The molecular weight excluding hydrogens is 412 g/mol. The van der Waals surface area contributed by atoms with Gasteiger partial charge in [-0.2, -0.15) is 0 Å². The van der Waals surface area contributed by atoms with E-state index >= 15 is 0 Å². The summed E-state index contributed by atoms with van der Waals surface area (Å²) in [6.45, 7) is 4.32. The third kappa shape index (κ3) is 4.99. The Morgan fingerprint density at radius 2 is 1.88 bits per heavy atom. The van der Waals surface area contributed by atoms with Gasteiger partial charge in [-0.3, -0.25) is 14.7 Å². The summed E-state index contributed by atoms with van der Waals surface area (Å²) in [5.41, 5.74) is 0.433. The Morgan fingerprint density at radius 1 is 1.16 bits per heavy atom. The van der Waals surface area contributed by atoms with E-state index in [0.717, 1.165) is 43.9 Å². The van der Waals surface area contributed by atoms with E-state index in [0.29, 0.717) is 5.56 Å².